The number of Topliss-reactive ketones (excluding diaryl/α,β-unsaturated/α-hetero) is 1. The van der Waals surface area contributed by atoms with E-state index in [0.29, 0.717) is 15.6 Å². The maximum absolute atomic E-state index is 12.0. The third kappa shape index (κ3) is 3.92. The Morgan fingerprint density at radius 3 is 2.53 bits per heavy atom. The van der Waals surface area contributed by atoms with E-state index >= 15 is 0 Å². The Morgan fingerprint density at radius 2 is 2.12 bits per heavy atom. The molecule has 0 aliphatic carbocycles. The predicted molar refractivity (Wildman–Crippen MR) is 62.7 cm³/mol. The molecule has 96 valence electrons. The van der Waals surface area contributed by atoms with Gasteiger partial charge in [0.15, 0.2) is 5.78 Å². The second kappa shape index (κ2) is 4.95. The van der Waals surface area contributed by atoms with E-state index in [1.807, 2.05) is 0 Å². The number of carbonyl (C=O) groups excluding carboxylic acids is 1. The van der Waals surface area contributed by atoms with Gasteiger partial charge < -0.3 is 10.6 Å². The first-order chi connectivity index (χ1) is 7.70. The number of rotatable bonds is 4. The van der Waals surface area contributed by atoms with E-state index in [1.54, 1.807) is 7.05 Å². The fourth-order valence-corrected chi connectivity index (χ4v) is 2.22. The number of alkyl halides is 3. The van der Waals surface area contributed by atoms with Crippen molar-refractivity contribution in [2.45, 2.75) is 19.5 Å². The van der Waals surface area contributed by atoms with Crippen molar-refractivity contribution < 1.29 is 18.0 Å². The van der Waals surface area contributed by atoms with E-state index in [-0.39, 0.29) is 12.3 Å². The lowest BCUT2D eigenvalue weighted by molar-refractivity contribution is -0.132. The summed E-state index contributed by atoms with van der Waals surface area (Å²) in [6, 6.07) is 1.53. The third-order valence-electron chi connectivity index (χ3n) is 2.17. The van der Waals surface area contributed by atoms with Crippen LogP contribution in [0, 0.1) is 0 Å². The van der Waals surface area contributed by atoms with Crippen LogP contribution in [0.4, 0.5) is 23.9 Å². The van der Waals surface area contributed by atoms with Gasteiger partial charge in [0.05, 0.1) is 22.0 Å². The molecule has 0 amide bonds. The number of nitrogens with two attached hydrogens (primary N) is 1. The van der Waals surface area contributed by atoms with Gasteiger partial charge in [-0.1, -0.05) is 0 Å². The Hall–Kier alpha value is -1.24. The van der Waals surface area contributed by atoms with Crippen LogP contribution in [0.5, 0.6) is 0 Å². The predicted octanol–water partition coefficient (Wildman–Crippen LogP) is 2.92. The summed E-state index contributed by atoms with van der Waals surface area (Å²) in [4.78, 5) is 13.0. The van der Waals surface area contributed by atoms with Gasteiger partial charge >= 0.3 is 6.18 Å². The fourth-order valence-electron chi connectivity index (χ4n) is 1.26. The van der Waals surface area contributed by atoms with Crippen LogP contribution in [0.2, 0.25) is 0 Å². The molecule has 0 fully saturated rings. The molecule has 0 saturated heterocycles. The molecule has 1 heterocycles. The number of thiophene rings is 1. The minimum atomic E-state index is -4.18. The SMILES string of the molecule is CC(=O)c1sc(N(C)CCC(F)(F)F)cc1N. The molecule has 2 N–H and O–H groups in total. The van der Waals surface area contributed by atoms with Gasteiger partial charge in [-0.15, -0.1) is 11.3 Å². The van der Waals surface area contributed by atoms with Crippen LogP contribution in [0.15, 0.2) is 6.07 Å². The lowest BCUT2D eigenvalue weighted by Crippen LogP contribution is -2.23. The maximum atomic E-state index is 12.0. The van der Waals surface area contributed by atoms with Crippen LogP contribution >= 0.6 is 11.3 Å². The normalized spacial score (nSPS) is 11.6. The molecular weight excluding hydrogens is 253 g/mol. The van der Waals surface area contributed by atoms with Gasteiger partial charge in [-0.05, 0) is 6.07 Å². The van der Waals surface area contributed by atoms with Gasteiger partial charge in [0.25, 0.3) is 0 Å². The van der Waals surface area contributed by atoms with Crippen molar-refractivity contribution in [3.05, 3.63) is 10.9 Å². The number of anilines is 2. The van der Waals surface area contributed by atoms with E-state index < -0.39 is 12.6 Å². The molecule has 0 bridgehead atoms. The molecule has 0 unspecified atom stereocenters. The second-order valence-corrected chi connectivity index (χ2v) is 4.74. The van der Waals surface area contributed by atoms with Crippen molar-refractivity contribution in [3.63, 3.8) is 0 Å². The lowest BCUT2D eigenvalue weighted by Gasteiger charge is -2.17. The van der Waals surface area contributed by atoms with Crippen molar-refractivity contribution in [3.8, 4) is 0 Å². The molecule has 0 aliphatic rings. The first-order valence-electron chi connectivity index (χ1n) is 4.89. The van der Waals surface area contributed by atoms with Gasteiger partial charge in [-0.2, -0.15) is 13.2 Å². The average molecular weight is 266 g/mol. The van der Waals surface area contributed by atoms with Crippen LogP contribution in [-0.4, -0.2) is 25.6 Å². The largest absolute Gasteiger partial charge is 0.397 e. The fraction of sp³-hybridized carbons (Fsp3) is 0.500. The molecule has 1 aromatic heterocycles. The first-order valence-corrected chi connectivity index (χ1v) is 5.70. The molecular formula is C10H13F3N2OS. The smallest absolute Gasteiger partial charge is 0.390 e. The van der Waals surface area contributed by atoms with Gasteiger partial charge in [0.2, 0.25) is 0 Å². The van der Waals surface area contributed by atoms with Crippen molar-refractivity contribution in [2.24, 2.45) is 0 Å². The minimum Gasteiger partial charge on any atom is -0.397 e. The maximum Gasteiger partial charge on any atom is 0.390 e. The van der Waals surface area contributed by atoms with Crippen molar-refractivity contribution in [1.29, 1.82) is 0 Å². The van der Waals surface area contributed by atoms with Crippen molar-refractivity contribution in [1.82, 2.24) is 0 Å². The minimum absolute atomic E-state index is 0.152. The lowest BCUT2D eigenvalue weighted by atomic mass is 10.3. The Kier molecular flexibility index (Phi) is 4.03. The highest BCUT2D eigenvalue weighted by molar-refractivity contribution is 7.18. The summed E-state index contributed by atoms with van der Waals surface area (Å²) in [5, 5.41) is 0.567. The molecule has 1 rings (SSSR count). The summed E-state index contributed by atoms with van der Waals surface area (Å²) >= 11 is 1.11. The molecule has 0 saturated carbocycles. The number of carbonyl (C=O) groups is 1. The van der Waals surface area contributed by atoms with Crippen molar-refractivity contribution >= 4 is 27.8 Å². The molecule has 1 aromatic rings. The molecule has 17 heavy (non-hydrogen) atoms. The van der Waals surface area contributed by atoms with Crippen LogP contribution in [0.25, 0.3) is 0 Å². The monoisotopic (exact) mass is 266 g/mol. The Bertz CT molecular complexity index is 414. The van der Waals surface area contributed by atoms with E-state index in [4.69, 9.17) is 5.73 Å². The molecule has 0 spiro atoms. The molecule has 0 aromatic carbocycles. The van der Waals surface area contributed by atoms with Gasteiger partial charge in [-0.25, -0.2) is 0 Å². The Labute approximate surface area is 101 Å². The number of nitrogen functional groups attached to an aromatic ring is 1. The van der Waals surface area contributed by atoms with Crippen LogP contribution < -0.4 is 10.6 Å². The van der Waals surface area contributed by atoms with Crippen LogP contribution in [0.1, 0.15) is 23.0 Å². The number of halogens is 3. The molecule has 7 heteroatoms. The van der Waals surface area contributed by atoms with Gasteiger partial charge in [0, 0.05) is 20.5 Å². The summed E-state index contributed by atoms with van der Waals surface area (Å²) < 4.78 is 36.1. The van der Waals surface area contributed by atoms with Gasteiger partial charge in [0.1, 0.15) is 0 Å². The Morgan fingerprint density at radius 1 is 1.53 bits per heavy atom. The molecule has 0 atom stereocenters. The van der Waals surface area contributed by atoms with Crippen molar-refractivity contribution in [2.75, 3.05) is 24.2 Å². The quantitative estimate of drug-likeness (QED) is 0.852. The average Bonchev–Trinajstić information content (AvgIpc) is 2.55. The highest BCUT2D eigenvalue weighted by Crippen LogP contribution is 2.32. The molecule has 3 nitrogen and oxygen atoms in total. The third-order valence-corrected chi connectivity index (χ3v) is 3.54. The summed E-state index contributed by atoms with van der Waals surface area (Å²) in [5.41, 5.74) is 5.92. The Balaban J connectivity index is 2.73. The topological polar surface area (TPSA) is 46.3 Å². The number of nitrogens with zero attached hydrogens (tertiary/aromatic N) is 1. The summed E-state index contributed by atoms with van der Waals surface area (Å²) in [7, 11) is 1.54. The number of hydrogen-bond donors (Lipinski definition) is 1. The van der Waals surface area contributed by atoms with E-state index in [2.05, 4.69) is 0 Å². The number of ketones is 1. The zero-order chi connectivity index (χ0) is 13.2. The van der Waals surface area contributed by atoms with Crippen LogP contribution in [-0.2, 0) is 0 Å². The standard InChI is InChI=1S/C10H13F3N2OS/c1-6(16)9-7(14)5-8(17-9)15(2)4-3-10(11,12)13/h5H,3-4,14H2,1-2H3. The van der Waals surface area contributed by atoms with E-state index in [9.17, 15) is 18.0 Å². The first kappa shape index (κ1) is 13.8. The second-order valence-electron chi connectivity index (χ2n) is 3.71. The van der Waals surface area contributed by atoms with E-state index in [0.717, 1.165) is 11.3 Å². The molecule has 0 aliphatic heterocycles. The van der Waals surface area contributed by atoms with Crippen LogP contribution in [0.3, 0.4) is 0 Å². The van der Waals surface area contributed by atoms with E-state index in [1.165, 1.54) is 17.9 Å². The van der Waals surface area contributed by atoms with Gasteiger partial charge in [-0.3, -0.25) is 4.79 Å². The highest BCUT2D eigenvalue weighted by atomic mass is 32.1. The summed E-state index contributed by atoms with van der Waals surface area (Å²) in [6.07, 6.45) is -5.07. The zero-order valence-electron chi connectivity index (χ0n) is 9.47. The summed E-state index contributed by atoms with van der Waals surface area (Å²) in [6.45, 7) is 1.22. The summed E-state index contributed by atoms with van der Waals surface area (Å²) in [5.74, 6) is -0.178. The number of hydrogen-bond acceptors (Lipinski definition) is 4. The highest BCUT2D eigenvalue weighted by Gasteiger charge is 2.27. The molecule has 0 radical (unpaired) electrons. The zero-order valence-corrected chi connectivity index (χ0v) is 10.3.